The smallest absolute Gasteiger partial charge is 0.0733 e. The van der Waals surface area contributed by atoms with Crippen molar-refractivity contribution in [2.75, 3.05) is 0 Å². The largest absolute Gasteiger partial charge is 0.131 e. The molecule has 0 spiro atoms. The third-order valence-electron chi connectivity index (χ3n) is 6.93. The molecule has 2 aromatic carbocycles. The Morgan fingerprint density at radius 2 is 1.41 bits per heavy atom. The summed E-state index contributed by atoms with van der Waals surface area (Å²) in [5, 5.41) is 3.27. The van der Waals surface area contributed by atoms with E-state index in [1.165, 1.54) is 34.7 Å². The highest BCUT2D eigenvalue weighted by molar-refractivity contribution is 7.05. The highest BCUT2D eigenvalue weighted by Crippen LogP contribution is 2.54. The maximum atomic E-state index is 2.60. The van der Waals surface area contributed by atoms with Crippen molar-refractivity contribution in [1.29, 1.82) is 0 Å². The van der Waals surface area contributed by atoms with Gasteiger partial charge in [-0.25, -0.2) is 0 Å². The summed E-state index contributed by atoms with van der Waals surface area (Å²) in [6.45, 7) is 16.4. The third-order valence-corrected chi connectivity index (χ3v) is 13.1. The van der Waals surface area contributed by atoms with Crippen molar-refractivity contribution in [2.45, 2.75) is 66.0 Å². The van der Waals surface area contributed by atoms with Crippen LogP contribution in [-0.2, 0) is 0 Å². The molecule has 2 atom stereocenters. The lowest BCUT2D eigenvalue weighted by molar-refractivity contribution is 0.840. The molecule has 0 radical (unpaired) electrons. The van der Waals surface area contributed by atoms with Gasteiger partial charge in [0.2, 0.25) is 0 Å². The van der Waals surface area contributed by atoms with E-state index in [2.05, 4.69) is 103 Å². The van der Waals surface area contributed by atoms with E-state index >= 15 is 0 Å². The maximum absolute atomic E-state index is 2.60. The van der Waals surface area contributed by atoms with Gasteiger partial charge in [-0.2, -0.15) is 0 Å². The Kier molecular flexibility index (Phi) is 5.36. The molecule has 0 heterocycles. The first kappa shape index (κ1) is 19.9. The van der Waals surface area contributed by atoms with E-state index in [9.17, 15) is 0 Å². The molecule has 0 saturated heterocycles. The average Bonchev–Trinajstić information content (AvgIpc) is 2.83. The van der Waals surface area contributed by atoms with Crippen LogP contribution in [0.2, 0.25) is 11.1 Å². The lowest BCUT2D eigenvalue weighted by atomic mass is 10.0. The molecule has 0 saturated carbocycles. The van der Waals surface area contributed by atoms with Crippen LogP contribution in [0.4, 0.5) is 0 Å². The summed E-state index contributed by atoms with van der Waals surface area (Å²) in [6.07, 6.45) is 3.81. The molecular formula is C26H34Si. The minimum atomic E-state index is -2.08. The van der Waals surface area contributed by atoms with Gasteiger partial charge in [0.25, 0.3) is 0 Å². The van der Waals surface area contributed by atoms with Crippen molar-refractivity contribution in [1.82, 2.24) is 0 Å². The number of allylic oxidation sites excluding steroid dienone is 4. The summed E-state index contributed by atoms with van der Waals surface area (Å²) in [4.78, 5) is 0. The third kappa shape index (κ3) is 3.06. The molecule has 0 fully saturated rings. The van der Waals surface area contributed by atoms with Gasteiger partial charge in [-0.05, 0) is 46.2 Å². The van der Waals surface area contributed by atoms with Gasteiger partial charge in [0.05, 0.1) is 0 Å². The van der Waals surface area contributed by atoms with Crippen molar-refractivity contribution in [3.8, 4) is 0 Å². The second-order valence-corrected chi connectivity index (χ2v) is 13.2. The zero-order chi connectivity index (χ0) is 19.8. The van der Waals surface area contributed by atoms with Gasteiger partial charge in [0.15, 0.2) is 0 Å². The van der Waals surface area contributed by atoms with E-state index < -0.39 is 8.07 Å². The van der Waals surface area contributed by atoms with Gasteiger partial charge in [0.1, 0.15) is 8.07 Å². The lowest BCUT2D eigenvalue weighted by Gasteiger charge is -2.47. The van der Waals surface area contributed by atoms with Crippen molar-refractivity contribution in [3.05, 3.63) is 82.5 Å². The monoisotopic (exact) mass is 374 g/mol. The Morgan fingerprint density at radius 3 is 1.89 bits per heavy atom. The van der Waals surface area contributed by atoms with Crippen molar-refractivity contribution in [3.63, 3.8) is 0 Å². The molecule has 1 aliphatic carbocycles. The SMILES string of the molecule is CCC[Si](c1ccccc1)(c1cc(C)cc(C)c1)C1(C)C=C(C)C(C)=C1C. The molecule has 1 aliphatic rings. The fourth-order valence-corrected chi connectivity index (χ4v) is 11.8. The van der Waals surface area contributed by atoms with Crippen LogP contribution in [-0.4, -0.2) is 8.07 Å². The van der Waals surface area contributed by atoms with E-state index in [0.717, 1.165) is 0 Å². The molecule has 2 aromatic rings. The number of hydrogen-bond donors (Lipinski definition) is 0. The first-order chi connectivity index (χ1) is 12.8. The fraction of sp³-hybridized carbons (Fsp3) is 0.385. The molecule has 0 bridgehead atoms. The van der Waals surface area contributed by atoms with Crippen molar-refractivity contribution >= 4 is 18.4 Å². The summed E-state index contributed by atoms with van der Waals surface area (Å²) < 4.78 is 0. The summed E-state index contributed by atoms with van der Waals surface area (Å²) in [7, 11) is -2.08. The highest BCUT2D eigenvalue weighted by Gasteiger charge is 2.53. The molecule has 0 amide bonds. The number of hydrogen-bond acceptors (Lipinski definition) is 0. The Balaban J connectivity index is 2.43. The molecule has 27 heavy (non-hydrogen) atoms. The van der Waals surface area contributed by atoms with Gasteiger partial charge in [-0.15, -0.1) is 0 Å². The molecule has 142 valence electrons. The normalized spacial score (nSPS) is 22.0. The Bertz CT molecular complexity index is 883. The van der Waals surface area contributed by atoms with Crippen LogP contribution in [0.15, 0.2) is 71.3 Å². The summed E-state index contributed by atoms with van der Waals surface area (Å²) in [5.74, 6) is 0. The standard InChI is InChI=1S/C26H34Si/c1-8-14-27(24-12-10-9-11-13-24,25-16-19(2)15-20(3)17-25)26(7)18-21(4)22(5)23(26)6/h9-13,15-18H,8,14H2,1-7H3. The van der Waals surface area contributed by atoms with E-state index in [1.54, 1.807) is 15.9 Å². The van der Waals surface area contributed by atoms with Crippen molar-refractivity contribution < 1.29 is 0 Å². The zero-order valence-corrected chi connectivity index (χ0v) is 19.1. The summed E-state index contributed by atoms with van der Waals surface area (Å²) in [5.41, 5.74) is 7.29. The average molecular weight is 375 g/mol. The van der Waals surface area contributed by atoms with E-state index in [0.29, 0.717) is 0 Å². The Labute approximate surface area is 167 Å². The number of aryl methyl sites for hydroxylation is 2. The molecule has 0 aliphatic heterocycles. The van der Waals surface area contributed by atoms with E-state index in [1.807, 2.05) is 0 Å². The minimum Gasteiger partial charge on any atom is -0.0733 e. The van der Waals surface area contributed by atoms with Gasteiger partial charge in [-0.1, -0.05) is 108 Å². The lowest BCUT2D eigenvalue weighted by Crippen LogP contribution is -2.65. The first-order valence-electron chi connectivity index (χ1n) is 10.3. The van der Waals surface area contributed by atoms with Crippen LogP contribution in [0.3, 0.4) is 0 Å². The Morgan fingerprint density at radius 1 is 0.815 bits per heavy atom. The predicted octanol–water partition coefficient (Wildman–Crippen LogP) is 6.33. The molecule has 0 aromatic heterocycles. The first-order valence-corrected chi connectivity index (χ1v) is 12.5. The quantitative estimate of drug-likeness (QED) is 0.536. The minimum absolute atomic E-state index is 0.110. The molecule has 2 unspecified atom stereocenters. The second-order valence-electron chi connectivity index (χ2n) is 8.68. The van der Waals surface area contributed by atoms with Crippen LogP contribution in [0.5, 0.6) is 0 Å². The van der Waals surface area contributed by atoms with Gasteiger partial charge in [0, 0.05) is 5.04 Å². The van der Waals surface area contributed by atoms with Gasteiger partial charge < -0.3 is 0 Å². The Hall–Kier alpha value is -1.86. The van der Waals surface area contributed by atoms with E-state index in [4.69, 9.17) is 0 Å². The zero-order valence-electron chi connectivity index (χ0n) is 18.1. The molecule has 1 heteroatoms. The second kappa shape index (κ2) is 7.28. The summed E-state index contributed by atoms with van der Waals surface area (Å²) >= 11 is 0. The summed E-state index contributed by atoms with van der Waals surface area (Å²) in [6, 6.07) is 20.0. The molecule has 0 N–H and O–H groups in total. The molecular weight excluding hydrogens is 340 g/mol. The maximum Gasteiger partial charge on any atom is 0.131 e. The molecule has 3 rings (SSSR count). The van der Waals surface area contributed by atoms with Crippen molar-refractivity contribution in [2.24, 2.45) is 0 Å². The van der Waals surface area contributed by atoms with Gasteiger partial charge >= 0.3 is 0 Å². The molecule has 0 nitrogen and oxygen atoms in total. The number of rotatable bonds is 5. The van der Waals surface area contributed by atoms with Crippen LogP contribution < -0.4 is 10.4 Å². The van der Waals surface area contributed by atoms with Crippen LogP contribution in [0.1, 0.15) is 52.2 Å². The fourth-order valence-electron chi connectivity index (χ4n) is 5.41. The van der Waals surface area contributed by atoms with Crippen LogP contribution in [0.25, 0.3) is 0 Å². The highest BCUT2D eigenvalue weighted by atomic mass is 28.3. The van der Waals surface area contributed by atoms with Crippen LogP contribution in [0, 0.1) is 13.8 Å². The number of benzene rings is 2. The van der Waals surface area contributed by atoms with Gasteiger partial charge in [-0.3, -0.25) is 0 Å². The predicted molar refractivity (Wildman–Crippen MR) is 123 cm³/mol. The van der Waals surface area contributed by atoms with Crippen LogP contribution >= 0.6 is 0 Å². The topological polar surface area (TPSA) is 0 Å². The van der Waals surface area contributed by atoms with E-state index in [-0.39, 0.29) is 5.04 Å².